The highest BCUT2D eigenvalue weighted by Gasteiger charge is 2.39. The Morgan fingerprint density at radius 1 is 0.895 bits per heavy atom. The maximum Gasteiger partial charge on any atom is 0.229 e. The average molecular weight is 247 g/mol. The predicted molar refractivity (Wildman–Crippen MR) is 78.2 cm³/mol. The fraction of sp³-hybridized carbons (Fsp3) is 0.118. The molecular weight excluding hydrogens is 232 g/mol. The fourth-order valence-electron chi connectivity index (χ4n) is 2.98. The van der Waals surface area contributed by atoms with Gasteiger partial charge in [-0.15, -0.1) is 0 Å². The molecule has 2 unspecified atom stereocenters. The monoisotopic (exact) mass is 247 g/mol. The molecule has 0 aliphatic carbocycles. The standard InChI is InChI=1S/C17H15N2/c1-2-7-13(8-3-1)17-16-11-6-12-19(16)15-10-5-4-9-14(15)18-17/h1-12,16-18H/q+1. The summed E-state index contributed by atoms with van der Waals surface area (Å²) in [6, 6.07) is 19.8. The third-order valence-electron chi connectivity index (χ3n) is 3.87. The minimum absolute atomic E-state index is 0.297. The summed E-state index contributed by atoms with van der Waals surface area (Å²) in [4.78, 5) is 0. The summed E-state index contributed by atoms with van der Waals surface area (Å²) in [5.74, 6) is 0. The molecule has 2 aromatic rings. The number of fused-ring (bicyclic) bond motifs is 3. The summed E-state index contributed by atoms with van der Waals surface area (Å²) in [5, 5.41) is 3.67. The molecule has 2 aliphatic rings. The van der Waals surface area contributed by atoms with Crippen molar-refractivity contribution in [3.05, 3.63) is 72.3 Å². The molecule has 2 aromatic carbocycles. The first-order valence-electron chi connectivity index (χ1n) is 6.64. The molecule has 0 aromatic heterocycles. The molecule has 2 atom stereocenters. The zero-order chi connectivity index (χ0) is 12.7. The second-order valence-corrected chi connectivity index (χ2v) is 4.98. The fourth-order valence-corrected chi connectivity index (χ4v) is 2.98. The summed E-state index contributed by atoms with van der Waals surface area (Å²) < 4.78 is 2.35. The van der Waals surface area contributed by atoms with Gasteiger partial charge in [0.1, 0.15) is 11.7 Å². The van der Waals surface area contributed by atoms with Gasteiger partial charge in [-0.05, 0) is 17.7 Å². The van der Waals surface area contributed by atoms with Gasteiger partial charge < -0.3 is 5.32 Å². The van der Waals surface area contributed by atoms with Gasteiger partial charge in [0.25, 0.3) is 0 Å². The van der Waals surface area contributed by atoms with Crippen molar-refractivity contribution in [3.8, 4) is 0 Å². The lowest BCUT2D eigenvalue weighted by molar-refractivity contribution is -0.468. The molecule has 19 heavy (non-hydrogen) atoms. The van der Waals surface area contributed by atoms with Gasteiger partial charge in [0.15, 0.2) is 6.21 Å². The molecule has 1 N–H and O–H groups in total. The molecule has 0 saturated heterocycles. The van der Waals surface area contributed by atoms with Crippen molar-refractivity contribution in [3.63, 3.8) is 0 Å². The van der Waals surface area contributed by atoms with Crippen LogP contribution in [-0.4, -0.2) is 16.8 Å². The smallest absolute Gasteiger partial charge is 0.229 e. The Balaban J connectivity index is 1.84. The van der Waals surface area contributed by atoms with Crippen molar-refractivity contribution in [2.24, 2.45) is 0 Å². The average Bonchev–Trinajstić information content (AvgIpc) is 2.97. The number of benzene rings is 2. The number of nitrogens with zero attached hydrogens (tertiary/aromatic N) is 1. The largest absolute Gasteiger partial charge is 0.367 e. The van der Waals surface area contributed by atoms with E-state index in [9.17, 15) is 0 Å². The number of hydrogen-bond donors (Lipinski definition) is 1. The van der Waals surface area contributed by atoms with E-state index in [0.717, 1.165) is 0 Å². The van der Waals surface area contributed by atoms with Crippen molar-refractivity contribution in [1.29, 1.82) is 0 Å². The minimum Gasteiger partial charge on any atom is -0.367 e. The Morgan fingerprint density at radius 2 is 1.68 bits per heavy atom. The van der Waals surface area contributed by atoms with Gasteiger partial charge in [-0.2, -0.15) is 4.58 Å². The van der Waals surface area contributed by atoms with E-state index < -0.39 is 0 Å². The van der Waals surface area contributed by atoms with Gasteiger partial charge >= 0.3 is 0 Å². The van der Waals surface area contributed by atoms with Gasteiger partial charge in [-0.3, -0.25) is 0 Å². The molecule has 2 heteroatoms. The number of anilines is 1. The summed E-state index contributed by atoms with van der Waals surface area (Å²) >= 11 is 0. The normalized spacial score (nSPS) is 23.3. The zero-order valence-electron chi connectivity index (χ0n) is 10.5. The Morgan fingerprint density at radius 3 is 2.58 bits per heavy atom. The lowest BCUT2D eigenvalue weighted by Gasteiger charge is -2.29. The van der Waals surface area contributed by atoms with Crippen LogP contribution < -0.4 is 5.32 Å². The molecule has 0 saturated carbocycles. The first-order valence-corrected chi connectivity index (χ1v) is 6.64. The van der Waals surface area contributed by atoms with Crippen molar-refractivity contribution in [2.45, 2.75) is 12.1 Å². The maximum atomic E-state index is 3.67. The summed E-state index contributed by atoms with van der Waals surface area (Å²) in [5.41, 5.74) is 3.78. The lowest BCUT2D eigenvalue weighted by atomic mass is 9.96. The lowest BCUT2D eigenvalue weighted by Crippen LogP contribution is -2.35. The summed E-state index contributed by atoms with van der Waals surface area (Å²) in [6.07, 6.45) is 6.57. The van der Waals surface area contributed by atoms with Crippen LogP contribution in [0, 0.1) is 0 Å². The number of para-hydroxylation sites is 2. The van der Waals surface area contributed by atoms with Crippen LogP contribution in [0.3, 0.4) is 0 Å². The highest BCUT2D eigenvalue weighted by molar-refractivity contribution is 5.75. The molecule has 0 amide bonds. The second kappa shape index (κ2) is 4.09. The maximum absolute atomic E-state index is 3.67. The van der Waals surface area contributed by atoms with Crippen molar-refractivity contribution in [1.82, 2.24) is 0 Å². The van der Waals surface area contributed by atoms with Crippen molar-refractivity contribution >= 4 is 17.6 Å². The van der Waals surface area contributed by atoms with Crippen LogP contribution in [0.2, 0.25) is 0 Å². The number of allylic oxidation sites excluding steroid dienone is 1. The summed E-state index contributed by atoms with van der Waals surface area (Å²) in [7, 11) is 0. The van der Waals surface area contributed by atoms with Crippen LogP contribution in [0.1, 0.15) is 11.6 Å². The minimum atomic E-state index is 0.297. The van der Waals surface area contributed by atoms with E-state index in [2.05, 4.69) is 82.9 Å². The van der Waals surface area contributed by atoms with E-state index in [4.69, 9.17) is 0 Å². The third-order valence-corrected chi connectivity index (χ3v) is 3.87. The third kappa shape index (κ3) is 1.60. The number of rotatable bonds is 1. The predicted octanol–water partition coefficient (Wildman–Crippen LogP) is 3.51. The van der Waals surface area contributed by atoms with E-state index in [1.165, 1.54) is 16.9 Å². The van der Waals surface area contributed by atoms with Gasteiger partial charge in [0.2, 0.25) is 11.7 Å². The van der Waals surface area contributed by atoms with Crippen LogP contribution in [0.15, 0.2) is 66.7 Å². The molecule has 4 rings (SSSR count). The molecule has 2 heterocycles. The molecule has 0 spiro atoms. The molecule has 92 valence electrons. The zero-order valence-corrected chi connectivity index (χ0v) is 10.5. The molecule has 2 aliphatic heterocycles. The van der Waals surface area contributed by atoms with E-state index in [1.54, 1.807) is 0 Å². The summed E-state index contributed by atoms with van der Waals surface area (Å²) in [6.45, 7) is 0. The Hall–Kier alpha value is -2.35. The molecule has 2 nitrogen and oxygen atoms in total. The van der Waals surface area contributed by atoms with Gasteiger partial charge in [-0.25, -0.2) is 0 Å². The second-order valence-electron chi connectivity index (χ2n) is 4.98. The number of nitrogens with one attached hydrogen (secondary N) is 1. The highest BCUT2D eigenvalue weighted by atomic mass is 15.2. The van der Waals surface area contributed by atoms with Crippen LogP contribution >= 0.6 is 0 Å². The Kier molecular flexibility index (Phi) is 2.27. The topological polar surface area (TPSA) is 15.0 Å². The van der Waals surface area contributed by atoms with Crippen LogP contribution in [0.4, 0.5) is 11.4 Å². The van der Waals surface area contributed by atoms with Crippen LogP contribution in [0.5, 0.6) is 0 Å². The van der Waals surface area contributed by atoms with Crippen molar-refractivity contribution < 1.29 is 4.58 Å². The molecular formula is C17H15N2+. The van der Waals surface area contributed by atoms with Gasteiger partial charge in [-0.1, -0.05) is 42.5 Å². The molecule has 0 bridgehead atoms. The molecule has 0 fully saturated rings. The van der Waals surface area contributed by atoms with Gasteiger partial charge in [0, 0.05) is 12.1 Å². The highest BCUT2D eigenvalue weighted by Crippen LogP contribution is 2.39. The van der Waals surface area contributed by atoms with Crippen LogP contribution in [0.25, 0.3) is 0 Å². The van der Waals surface area contributed by atoms with Gasteiger partial charge in [0.05, 0.1) is 0 Å². The van der Waals surface area contributed by atoms with Crippen LogP contribution in [-0.2, 0) is 0 Å². The molecule has 0 radical (unpaired) electrons. The SMILES string of the molecule is C1=CC2C(c3ccccc3)Nc3ccccc3[N+]2=C1. The van der Waals surface area contributed by atoms with E-state index in [-0.39, 0.29) is 0 Å². The number of hydrogen-bond acceptors (Lipinski definition) is 1. The van der Waals surface area contributed by atoms with E-state index in [1.807, 2.05) is 0 Å². The quantitative estimate of drug-likeness (QED) is 0.762. The first-order chi connectivity index (χ1) is 9.43. The Labute approximate surface area is 112 Å². The van der Waals surface area contributed by atoms with Crippen molar-refractivity contribution in [2.75, 3.05) is 5.32 Å². The van der Waals surface area contributed by atoms with E-state index in [0.29, 0.717) is 12.1 Å². The Bertz CT molecular complexity index is 671. The van der Waals surface area contributed by atoms with E-state index >= 15 is 0 Å². The first kappa shape index (κ1) is 10.6.